The van der Waals surface area contributed by atoms with Crippen LogP contribution in [-0.4, -0.2) is 56.2 Å². The summed E-state index contributed by atoms with van der Waals surface area (Å²) in [4.78, 5) is 27.9. The van der Waals surface area contributed by atoms with E-state index in [4.69, 9.17) is 9.47 Å². The molecule has 148 valence electrons. The van der Waals surface area contributed by atoms with Gasteiger partial charge < -0.3 is 19.3 Å². The Morgan fingerprint density at radius 3 is 2.32 bits per heavy atom. The average Bonchev–Trinajstić information content (AvgIpc) is 2.73. The van der Waals surface area contributed by atoms with E-state index in [0.29, 0.717) is 49.8 Å². The molecule has 1 fully saturated rings. The van der Waals surface area contributed by atoms with Gasteiger partial charge in [-0.15, -0.1) is 0 Å². The normalized spacial score (nSPS) is 13.9. The van der Waals surface area contributed by atoms with Crippen LogP contribution >= 0.6 is 0 Å². The molecule has 0 aliphatic carbocycles. The van der Waals surface area contributed by atoms with Crippen LogP contribution in [0.5, 0.6) is 5.75 Å². The van der Waals surface area contributed by atoms with Crippen molar-refractivity contribution >= 4 is 17.6 Å². The maximum atomic E-state index is 13.9. The van der Waals surface area contributed by atoms with Gasteiger partial charge in [-0.25, -0.2) is 9.18 Å². The van der Waals surface area contributed by atoms with E-state index in [9.17, 15) is 14.0 Å². The lowest BCUT2D eigenvalue weighted by atomic mass is 10.2. The van der Waals surface area contributed by atoms with Crippen LogP contribution in [0.15, 0.2) is 48.5 Å². The number of hydrogen-bond donors (Lipinski definition) is 0. The molecule has 0 aromatic heterocycles. The summed E-state index contributed by atoms with van der Waals surface area (Å²) in [5, 5.41) is 0. The van der Waals surface area contributed by atoms with Crippen molar-refractivity contribution in [3.8, 4) is 5.75 Å². The van der Waals surface area contributed by atoms with Gasteiger partial charge in [-0.2, -0.15) is 0 Å². The highest BCUT2D eigenvalue weighted by atomic mass is 19.1. The fraction of sp³-hybridized carbons (Fsp3) is 0.333. The minimum atomic E-state index is -0.554. The Balaban J connectivity index is 1.46. The summed E-state index contributed by atoms with van der Waals surface area (Å²) in [6, 6.07) is 13.2. The first kappa shape index (κ1) is 19.7. The van der Waals surface area contributed by atoms with Crippen molar-refractivity contribution in [2.45, 2.75) is 6.92 Å². The number of esters is 1. The lowest BCUT2D eigenvalue weighted by molar-refractivity contribution is -0.134. The van der Waals surface area contributed by atoms with Gasteiger partial charge in [0, 0.05) is 26.2 Å². The number of benzene rings is 2. The maximum Gasteiger partial charge on any atom is 0.338 e. The third kappa shape index (κ3) is 4.79. The van der Waals surface area contributed by atoms with Gasteiger partial charge in [0.1, 0.15) is 11.6 Å². The van der Waals surface area contributed by atoms with Gasteiger partial charge in [-0.3, -0.25) is 4.79 Å². The zero-order valence-electron chi connectivity index (χ0n) is 15.8. The summed E-state index contributed by atoms with van der Waals surface area (Å²) in [5.74, 6) is -0.414. The van der Waals surface area contributed by atoms with E-state index in [2.05, 4.69) is 0 Å². The number of anilines is 1. The fourth-order valence-electron chi connectivity index (χ4n) is 3.06. The number of halogens is 1. The number of nitrogens with zero attached hydrogens (tertiary/aromatic N) is 2. The summed E-state index contributed by atoms with van der Waals surface area (Å²) in [7, 11) is 0. The maximum absolute atomic E-state index is 13.9. The fourth-order valence-corrected chi connectivity index (χ4v) is 3.06. The molecule has 3 rings (SSSR count). The van der Waals surface area contributed by atoms with E-state index < -0.39 is 5.97 Å². The lowest BCUT2D eigenvalue weighted by Crippen LogP contribution is -2.50. The van der Waals surface area contributed by atoms with Crippen molar-refractivity contribution in [1.82, 2.24) is 4.90 Å². The number of piperazine rings is 1. The SMILES string of the molecule is CCOc1ccc(C(=O)OCC(=O)N2CCN(c3ccccc3F)CC2)cc1. The molecule has 6 nitrogen and oxygen atoms in total. The van der Waals surface area contributed by atoms with Crippen molar-refractivity contribution in [1.29, 1.82) is 0 Å². The van der Waals surface area contributed by atoms with Crippen molar-refractivity contribution < 1.29 is 23.5 Å². The highest BCUT2D eigenvalue weighted by Gasteiger charge is 2.23. The summed E-state index contributed by atoms with van der Waals surface area (Å²) in [6.07, 6.45) is 0. The van der Waals surface area contributed by atoms with E-state index >= 15 is 0 Å². The third-order valence-corrected chi connectivity index (χ3v) is 4.55. The molecule has 0 atom stereocenters. The number of ether oxygens (including phenoxy) is 2. The van der Waals surface area contributed by atoms with Crippen molar-refractivity contribution in [3.63, 3.8) is 0 Å². The van der Waals surface area contributed by atoms with Gasteiger partial charge in [0.25, 0.3) is 5.91 Å². The Hall–Kier alpha value is -3.09. The van der Waals surface area contributed by atoms with E-state index in [1.807, 2.05) is 11.8 Å². The zero-order chi connectivity index (χ0) is 19.9. The van der Waals surface area contributed by atoms with Gasteiger partial charge in [0.2, 0.25) is 0 Å². The first-order chi connectivity index (χ1) is 13.6. The summed E-state index contributed by atoms with van der Waals surface area (Å²) >= 11 is 0. The van der Waals surface area contributed by atoms with Gasteiger partial charge >= 0.3 is 5.97 Å². The summed E-state index contributed by atoms with van der Waals surface area (Å²) in [6.45, 7) is 4.07. The number of carbonyl (C=O) groups is 2. The molecule has 1 heterocycles. The van der Waals surface area contributed by atoms with Crippen LogP contribution in [0.2, 0.25) is 0 Å². The van der Waals surface area contributed by atoms with Crippen molar-refractivity contribution in [3.05, 3.63) is 59.9 Å². The van der Waals surface area contributed by atoms with Crippen LogP contribution < -0.4 is 9.64 Å². The van der Waals surface area contributed by atoms with Gasteiger partial charge in [0.15, 0.2) is 6.61 Å². The minimum absolute atomic E-state index is 0.257. The highest BCUT2D eigenvalue weighted by molar-refractivity contribution is 5.91. The summed E-state index contributed by atoms with van der Waals surface area (Å²) in [5.41, 5.74) is 0.900. The molecular weight excluding hydrogens is 363 g/mol. The predicted molar refractivity (Wildman–Crippen MR) is 103 cm³/mol. The van der Waals surface area contributed by atoms with Crippen LogP contribution in [0, 0.1) is 5.82 Å². The van der Waals surface area contributed by atoms with Crippen molar-refractivity contribution in [2.75, 3.05) is 44.3 Å². The van der Waals surface area contributed by atoms with Gasteiger partial charge in [-0.05, 0) is 43.3 Å². The molecular formula is C21H23FN2O4. The first-order valence-corrected chi connectivity index (χ1v) is 9.25. The Morgan fingerprint density at radius 2 is 1.68 bits per heavy atom. The van der Waals surface area contributed by atoms with Gasteiger partial charge in [-0.1, -0.05) is 12.1 Å². The quantitative estimate of drug-likeness (QED) is 0.715. The molecule has 1 saturated heterocycles. The molecule has 28 heavy (non-hydrogen) atoms. The topological polar surface area (TPSA) is 59.1 Å². The van der Waals surface area contributed by atoms with Crippen LogP contribution in [0.4, 0.5) is 10.1 Å². The van der Waals surface area contributed by atoms with Crippen molar-refractivity contribution in [2.24, 2.45) is 0 Å². The van der Waals surface area contributed by atoms with E-state index in [-0.39, 0.29) is 18.3 Å². The predicted octanol–water partition coefficient (Wildman–Crippen LogP) is 2.73. The zero-order valence-corrected chi connectivity index (χ0v) is 15.8. The second-order valence-corrected chi connectivity index (χ2v) is 6.35. The van der Waals surface area contributed by atoms with E-state index in [1.165, 1.54) is 6.07 Å². The second-order valence-electron chi connectivity index (χ2n) is 6.35. The van der Waals surface area contributed by atoms with Crippen LogP contribution in [-0.2, 0) is 9.53 Å². The molecule has 0 radical (unpaired) electrons. The molecule has 1 aliphatic rings. The average molecular weight is 386 g/mol. The monoisotopic (exact) mass is 386 g/mol. The Morgan fingerprint density at radius 1 is 1.00 bits per heavy atom. The molecule has 2 aromatic rings. The molecule has 0 saturated carbocycles. The van der Waals surface area contributed by atoms with E-state index in [0.717, 1.165) is 0 Å². The number of para-hydroxylation sites is 1. The number of hydrogen-bond acceptors (Lipinski definition) is 5. The van der Waals surface area contributed by atoms with Crippen LogP contribution in [0.1, 0.15) is 17.3 Å². The third-order valence-electron chi connectivity index (χ3n) is 4.55. The molecule has 0 bridgehead atoms. The number of amides is 1. The van der Waals surface area contributed by atoms with Crippen LogP contribution in [0.25, 0.3) is 0 Å². The van der Waals surface area contributed by atoms with Gasteiger partial charge in [0.05, 0.1) is 17.9 Å². The molecule has 1 aliphatic heterocycles. The smallest absolute Gasteiger partial charge is 0.338 e. The highest BCUT2D eigenvalue weighted by Crippen LogP contribution is 2.20. The van der Waals surface area contributed by atoms with E-state index in [1.54, 1.807) is 47.4 Å². The first-order valence-electron chi connectivity index (χ1n) is 9.25. The molecule has 0 unspecified atom stereocenters. The van der Waals surface area contributed by atoms with Crippen LogP contribution in [0.3, 0.4) is 0 Å². The second kappa shape index (κ2) is 9.21. The molecule has 1 amide bonds. The Labute approximate surface area is 163 Å². The number of rotatable bonds is 6. The number of carbonyl (C=O) groups excluding carboxylic acids is 2. The molecule has 7 heteroatoms. The largest absolute Gasteiger partial charge is 0.494 e. The summed E-state index contributed by atoms with van der Waals surface area (Å²) < 4.78 is 24.3. The minimum Gasteiger partial charge on any atom is -0.494 e. The standard InChI is InChI=1S/C21H23FN2O4/c1-2-27-17-9-7-16(8-10-17)21(26)28-15-20(25)24-13-11-23(12-14-24)19-6-4-3-5-18(19)22/h3-10H,2,11-15H2,1H3. The Bertz CT molecular complexity index is 817. The lowest BCUT2D eigenvalue weighted by Gasteiger charge is -2.36. The molecule has 0 N–H and O–H groups in total. The Kier molecular flexibility index (Phi) is 6.47. The molecule has 0 spiro atoms. The molecule has 2 aromatic carbocycles.